The highest BCUT2D eigenvalue weighted by Crippen LogP contribution is 2.17. The number of aliphatic hydroxyl groups excluding tert-OH is 1. The van der Waals surface area contributed by atoms with Crippen molar-refractivity contribution >= 4 is 11.8 Å². The van der Waals surface area contributed by atoms with Gasteiger partial charge in [0.15, 0.2) is 0 Å². The van der Waals surface area contributed by atoms with Crippen LogP contribution in [0.3, 0.4) is 0 Å². The van der Waals surface area contributed by atoms with E-state index in [-0.39, 0.29) is 6.10 Å². The highest BCUT2D eigenvalue weighted by Gasteiger charge is 2.25. The van der Waals surface area contributed by atoms with Crippen molar-refractivity contribution in [2.24, 2.45) is 5.92 Å². The summed E-state index contributed by atoms with van der Waals surface area (Å²) in [5.41, 5.74) is 0. The summed E-state index contributed by atoms with van der Waals surface area (Å²) in [4.78, 5) is 0. The smallest absolute Gasteiger partial charge is 0.0716 e. The van der Waals surface area contributed by atoms with E-state index in [1.165, 1.54) is 17.9 Å². The molecule has 3 unspecified atom stereocenters. The Balaban J connectivity index is 1.66. The number of hydrogen-bond acceptors (Lipinski definition) is 4. The van der Waals surface area contributed by atoms with E-state index in [0.29, 0.717) is 12.0 Å². The Kier molecular flexibility index (Phi) is 3.49. The fourth-order valence-electron chi connectivity index (χ4n) is 1.94. The van der Waals surface area contributed by atoms with Gasteiger partial charge in [-0.1, -0.05) is 0 Å². The summed E-state index contributed by atoms with van der Waals surface area (Å²) in [5.74, 6) is 2.96. The zero-order valence-corrected chi connectivity index (χ0v) is 8.65. The molecule has 3 atom stereocenters. The number of aliphatic hydroxyl groups is 1. The quantitative estimate of drug-likeness (QED) is 0.586. The fourth-order valence-corrected chi connectivity index (χ4v) is 3.13. The number of rotatable bonds is 3. The van der Waals surface area contributed by atoms with E-state index in [9.17, 15) is 5.11 Å². The van der Waals surface area contributed by atoms with Gasteiger partial charge in [-0.2, -0.15) is 11.8 Å². The van der Waals surface area contributed by atoms with Gasteiger partial charge in [0, 0.05) is 37.3 Å². The Morgan fingerprint density at radius 3 is 3.00 bits per heavy atom. The predicted octanol–water partition coefficient (Wildman–Crippen LogP) is -0.338. The Hall–Kier alpha value is 0.230. The molecule has 0 saturated carbocycles. The van der Waals surface area contributed by atoms with Crippen LogP contribution in [-0.4, -0.2) is 48.4 Å². The van der Waals surface area contributed by atoms with Gasteiger partial charge < -0.3 is 15.7 Å². The van der Waals surface area contributed by atoms with E-state index in [1.807, 2.05) is 11.8 Å². The number of thioether (sulfide) groups is 1. The van der Waals surface area contributed by atoms with Gasteiger partial charge in [0.1, 0.15) is 0 Å². The van der Waals surface area contributed by atoms with Crippen LogP contribution in [0.5, 0.6) is 0 Å². The van der Waals surface area contributed by atoms with Crippen LogP contribution in [-0.2, 0) is 0 Å². The monoisotopic (exact) mass is 202 g/mol. The molecule has 2 aliphatic rings. The van der Waals surface area contributed by atoms with Gasteiger partial charge in [-0.05, 0) is 12.2 Å². The van der Waals surface area contributed by atoms with Crippen molar-refractivity contribution in [3.63, 3.8) is 0 Å². The second kappa shape index (κ2) is 4.64. The summed E-state index contributed by atoms with van der Waals surface area (Å²) in [6.07, 6.45) is 1.16. The van der Waals surface area contributed by atoms with E-state index in [0.717, 1.165) is 19.6 Å². The molecule has 4 heteroatoms. The molecule has 0 aliphatic carbocycles. The van der Waals surface area contributed by atoms with Gasteiger partial charge in [-0.25, -0.2) is 0 Å². The third-order valence-electron chi connectivity index (χ3n) is 2.90. The minimum absolute atomic E-state index is 0.137. The van der Waals surface area contributed by atoms with Crippen LogP contribution in [0.2, 0.25) is 0 Å². The summed E-state index contributed by atoms with van der Waals surface area (Å²) in [5, 5.41) is 16.3. The first-order valence-electron chi connectivity index (χ1n) is 5.06. The molecule has 0 aromatic rings. The van der Waals surface area contributed by atoms with Gasteiger partial charge in [-0.15, -0.1) is 0 Å². The highest BCUT2D eigenvalue weighted by atomic mass is 32.2. The van der Waals surface area contributed by atoms with E-state index in [4.69, 9.17) is 0 Å². The maximum Gasteiger partial charge on any atom is 0.0716 e. The molecule has 0 aromatic carbocycles. The Morgan fingerprint density at radius 1 is 1.46 bits per heavy atom. The van der Waals surface area contributed by atoms with E-state index in [2.05, 4.69) is 10.6 Å². The highest BCUT2D eigenvalue weighted by molar-refractivity contribution is 7.99. The van der Waals surface area contributed by atoms with Crippen molar-refractivity contribution in [3.05, 3.63) is 0 Å². The summed E-state index contributed by atoms with van der Waals surface area (Å²) in [6.45, 7) is 2.71. The molecule has 3 N–H and O–H groups in total. The lowest BCUT2D eigenvalue weighted by molar-refractivity contribution is 0.145. The molecule has 2 saturated heterocycles. The largest absolute Gasteiger partial charge is 0.391 e. The number of hydrogen-bond donors (Lipinski definition) is 3. The van der Waals surface area contributed by atoms with Crippen molar-refractivity contribution in [2.45, 2.75) is 18.6 Å². The molecule has 2 fully saturated rings. The minimum atomic E-state index is -0.137. The van der Waals surface area contributed by atoms with Crippen LogP contribution in [0, 0.1) is 5.92 Å². The van der Waals surface area contributed by atoms with E-state index < -0.39 is 0 Å². The van der Waals surface area contributed by atoms with Crippen LogP contribution < -0.4 is 10.6 Å². The molecular formula is C9H18N2OS. The molecule has 3 nitrogen and oxygen atoms in total. The van der Waals surface area contributed by atoms with Crippen LogP contribution >= 0.6 is 11.8 Å². The zero-order valence-electron chi connectivity index (χ0n) is 7.83. The van der Waals surface area contributed by atoms with Crippen molar-refractivity contribution in [2.75, 3.05) is 31.1 Å². The summed E-state index contributed by atoms with van der Waals surface area (Å²) < 4.78 is 0. The molecule has 0 aromatic heterocycles. The molecule has 0 radical (unpaired) electrons. The molecule has 2 rings (SSSR count). The summed E-state index contributed by atoms with van der Waals surface area (Å²) >= 11 is 2.02. The molecule has 0 spiro atoms. The van der Waals surface area contributed by atoms with Crippen LogP contribution in [0.25, 0.3) is 0 Å². The Morgan fingerprint density at radius 2 is 2.38 bits per heavy atom. The van der Waals surface area contributed by atoms with Crippen LogP contribution in [0.1, 0.15) is 6.42 Å². The molecule has 13 heavy (non-hydrogen) atoms. The summed E-state index contributed by atoms with van der Waals surface area (Å²) in [7, 11) is 0. The number of β-amino-alcohol motifs (C(OH)–C–C–N with tert-alkyl or cyclic N) is 1. The summed E-state index contributed by atoms with van der Waals surface area (Å²) in [6, 6.07) is 0.692. The van der Waals surface area contributed by atoms with Crippen LogP contribution in [0.4, 0.5) is 0 Å². The van der Waals surface area contributed by atoms with E-state index >= 15 is 0 Å². The number of nitrogens with one attached hydrogen (secondary N) is 2. The van der Waals surface area contributed by atoms with Gasteiger partial charge in [0.05, 0.1) is 6.10 Å². The first kappa shape index (κ1) is 9.77. The minimum Gasteiger partial charge on any atom is -0.391 e. The fraction of sp³-hybridized carbons (Fsp3) is 1.00. The van der Waals surface area contributed by atoms with Crippen molar-refractivity contribution in [1.82, 2.24) is 10.6 Å². The molecule has 76 valence electrons. The van der Waals surface area contributed by atoms with Gasteiger partial charge in [-0.3, -0.25) is 0 Å². The maximum absolute atomic E-state index is 9.56. The van der Waals surface area contributed by atoms with Crippen LogP contribution in [0.15, 0.2) is 0 Å². The average Bonchev–Trinajstić information content (AvgIpc) is 2.72. The average molecular weight is 202 g/mol. The Labute approximate surface area is 83.7 Å². The van der Waals surface area contributed by atoms with Crippen molar-refractivity contribution < 1.29 is 5.11 Å². The molecule has 0 bridgehead atoms. The zero-order chi connectivity index (χ0) is 9.10. The first-order valence-corrected chi connectivity index (χ1v) is 6.21. The SMILES string of the molecule is OC1CNCC1CNC1CCSC1. The maximum atomic E-state index is 9.56. The Bertz CT molecular complexity index is 162. The molecule has 0 amide bonds. The van der Waals surface area contributed by atoms with Gasteiger partial charge in [0.25, 0.3) is 0 Å². The molecule has 2 heterocycles. The second-order valence-corrected chi connectivity index (χ2v) is 5.10. The topological polar surface area (TPSA) is 44.3 Å². The third-order valence-corrected chi connectivity index (χ3v) is 4.07. The lowest BCUT2D eigenvalue weighted by Gasteiger charge is -2.17. The van der Waals surface area contributed by atoms with Gasteiger partial charge in [0.2, 0.25) is 0 Å². The first-order chi connectivity index (χ1) is 6.36. The predicted molar refractivity (Wildman–Crippen MR) is 56.1 cm³/mol. The third kappa shape index (κ3) is 2.59. The standard InChI is InChI=1S/C9H18N2OS/c12-9-5-10-3-7(9)4-11-8-1-2-13-6-8/h7-12H,1-6H2. The normalized spacial score (nSPS) is 39.9. The van der Waals surface area contributed by atoms with Crippen molar-refractivity contribution in [3.8, 4) is 0 Å². The van der Waals surface area contributed by atoms with E-state index in [1.54, 1.807) is 0 Å². The second-order valence-electron chi connectivity index (χ2n) is 3.95. The lowest BCUT2D eigenvalue weighted by Crippen LogP contribution is -2.37. The van der Waals surface area contributed by atoms with Crippen molar-refractivity contribution in [1.29, 1.82) is 0 Å². The lowest BCUT2D eigenvalue weighted by atomic mass is 10.1. The molecular weight excluding hydrogens is 184 g/mol. The van der Waals surface area contributed by atoms with Gasteiger partial charge >= 0.3 is 0 Å². The molecule has 2 aliphatic heterocycles.